The fourth-order valence-electron chi connectivity index (χ4n) is 1.66. The predicted molar refractivity (Wildman–Crippen MR) is 67.8 cm³/mol. The van der Waals surface area contributed by atoms with Crippen LogP contribution in [0.1, 0.15) is 21.5 Å². The third-order valence-electron chi connectivity index (χ3n) is 2.70. The molecule has 0 saturated carbocycles. The highest BCUT2D eigenvalue weighted by Crippen LogP contribution is 2.13. The molecule has 4 heteroatoms. The fraction of sp³-hybridized carbons (Fsp3) is 0.143. The first kappa shape index (κ1) is 12.2. The van der Waals surface area contributed by atoms with Crippen molar-refractivity contribution in [1.29, 1.82) is 0 Å². The zero-order chi connectivity index (χ0) is 13.1. The third-order valence-corrected chi connectivity index (χ3v) is 2.70. The molecule has 2 N–H and O–H groups in total. The van der Waals surface area contributed by atoms with Crippen molar-refractivity contribution in [2.45, 2.75) is 13.3 Å². The van der Waals surface area contributed by atoms with Crippen LogP contribution in [0.3, 0.4) is 0 Å². The Morgan fingerprint density at radius 3 is 2.78 bits per heavy atom. The molecule has 0 bridgehead atoms. The van der Waals surface area contributed by atoms with E-state index >= 15 is 0 Å². The fourth-order valence-corrected chi connectivity index (χ4v) is 1.66. The molecule has 3 nitrogen and oxygen atoms in total. The number of nitrogens with two attached hydrogens (primary N) is 1. The van der Waals surface area contributed by atoms with E-state index in [1.54, 1.807) is 37.4 Å². The number of ketones is 1. The minimum atomic E-state index is -0.366. The van der Waals surface area contributed by atoms with E-state index in [-0.39, 0.29) is 18.0 Å². The normalized spacial score (nSPS) is 10.3. The highest BCUT2D eigenvalue weighted by atomic mass is 19.1. The summed E-state index contributed by atoms with van der Waals surface area (Å²) in [6.45, 7) is 1.66. The number of aryl methyl sites for hydroxylation is 1. The summed E-state index contributed by atoms with van der Waals surface area (Å²) in [6, 6.07) is 7.86. The van der Waals surface area contributed by atoms with Crippen LogP contribution in [0.4, 0.5) is 10.2 Å². The minimum absolute atomic E-state index is 0.139. The maximum Gasteiger partial charge on any atom is 0.167 e. The summed E-state index contributed by atoms with van der Waals surface area (Å²) in [4.78, 5) is 15.8. The lowest BCUT2D eigenvalue weighted by atomic mass is 10.0. The van der Waals surface area contributed by atoms with Gasteiger partial charge in [0.15, 0.2) is 5.78 Å². The molecule has 0 saturated heterocycles. The number of pyridine rings is 1. The molecule has 1 aromatic heterocycles. The summed E-state index contributed by atoms with van der Waals surface area (Å²) in [5, 5.41) is 0. The average Bonchev–Trinajstić information content (AvgIpc) is 2.32. The molecule has 0 fully saturated rings. The molecular formula is C14H13FN2O. The predicted octanol–water partition coefficient (Wildman–Crippen LogP) is 2.54. The monoisotopic (exact) mass is 244 g/mol. The van der Waals surface area contributed by atoms with Gasteiger partial charge in [0.25, 0.3) is 0 Å². The number of Topliss-reactive ketones (excluding diaryl/α,β-unsaturated/α-hetero) is 1. The lowest BCUT2D eigenvalue weighted by Gasteiger charge is -2.03. The van der Waals surface area contributed by atoms with Gasteiger partial charge < -0.3 is 5.73 Å². The summed E-state index contributed by atoms with van der Waals surface area (Å²) in [5.41, 5.74) is 7.20. The van der Waals surface area contributed by atoms with Crippen molar-refractivity contribution in [3.05, 3.63) is 59.0 Å². The molecule has 0 atom stereocenters. The van der Waals surface area contributed by atoms with Crippen LogP contribution in [0.15, 0.2) is 36.5 Å². The van der Waals surface area contributed by atoms with E-state index in [9.17, 15) is 9.18 Å². The number of hydrogen-bond acceptors (Lipinski definition) is 3. The van der Waals surface area contributed by atoms with Gasteiger partial charge in [-0.3, -0.25) is 4.79 Å². The Bertz CT molecular complexity index is 596. The molecule has 0 unspecified atom stereocenters. The van der Waals surface area contributed by atoms with Gasteiger partial charge in [-0.1, -0.05) is 12.1 Å². The second kappa shape index (κ2) is 4.96. The van der Waals surface area contributed by atoms with Gasteiger partial charge in [-0.25, -0.2) is 9.37 Å². The molecule has 0 aliphatic carbocycles. The van der Waals surface area contributed by atoms with Gasteiger partial charge in [0.05, 0.1) is 0 Å². The number of nitrogens with zero attached hydrogens (tertiary/aromatic N) is 1. The maximum atomic E-state index is 13.4. The SMILES string of the molecule is Cc1ccc(C(=O)Cc2ccnc(N)c2)cc1F. The first-order valence-electron chi connectivity index (χ1n) is 5.56. The number of benzene rings is 1. The van der Waals surface area contributed by atoms with Gasteiger partial charge >= 0.3 is 0 Å². The van der Waals surface area contributed by atoms with Crippen molar-refractivity contribution in [3.63, 3.8) is 0 Å². The molecule has 1 heterocycles. The van der Waals surface area contributed by atoms with Crippen molar-refractivity contribution in [3.8, 4) is 0 Å². The third kappa shape index (κ3) is 2.71. The lowest BCUT2D eigenvalue weighted by Crippen LogP contribution is -2.05. The molecule has 0 radical (unpaired) electrons. The Morgan fingerprint density at radius 1 is 1.33 bits per heavy atom. The van der Waals surface area contributed by atoms with Crippen LogP contribution >= 0.6 is 0 Å². The number of carbonyl (C=O) groups excluding carboxylic acids is 1. The minimum Gasteiger partial charge on any atom is -0.384 e. The Labute approximate surface area is 104 Å². The molecular weight excluding hydrogens is 231 g/mol. The van der Waals surface area contributed by atoms with Crippen LogP contribution in [0, 0.1) is 12.7 Å². The molecule has 0 spiro atoms. The van der Waals surface area contributed by atoms with Crippen molar-refractivity contribution in [1.82, 2.24) is 4.98 Å². The van der Waals surface area contributed by atoms with E-state index in [2.05, 4.69) is 4.98 Å². The molecule has 2 aromatic rings. The van der Waals surface area contributed by atoms with Gasteiger partial charge in [-0.05, 0) is 36.2 Å². The van der Waals surface area contributed by atoms with E-state index in [1.807, 2.05) is 0 Å². The molecule has 18 heavy (non-hydrogen) atoms. The highest BCUT2D eigenvalue weighted by molar-refractivity contribution is 5.97. The molecule has 2 rings (SSSR count). The van der Waals surface area contributed by atoms with Crippen LogP contribution in [0.2, 0.25) is 0 Å². The highest BCUT2D eigenvalue weighted by Gasteiger charge is 2.09. The summed E-state index contributed by atoms with van der Waals surface area (Å²) >= 11 is 0. The van der Waals surface area contributed by atoms with Gasteiger partial charge in [0.2, 0.25) is 0 Å². The van der Waals surface area contributed by atoms with Crippen molar-refractivity contribution < 1.29 is 9.18 Å². The molecule has 0 amide bonds. The van der Waals surface area contributed by atoms with Crippen molar-refractivity contribution in [2.24, 2.45) is 0 Å². The van der Waals surface area contributed by atoms with Crippen molar-refractivity contribution in [2.75, 3.05) is 5.73 Å². The Kier molecular flexibility index (Phi) is 3.37. The topological polar surface area (TPSA) is 56.0 Å². The number of rotatable bonds is 3. The first-order valence-corrected chi connectivity index (χ1v) is 5.56. The van der Waals surface area contributed by atoms with Gasteiger partial charge in [-0.15, -0.1) is 0 Å². The smallest absolute Gasteiger partial charge is 0.167 e. The second-order valence-corrected chi connectivity index (χ2v) is 4.15. The molecule has 1 aromatic carbocycles. The number of halogens is 1. The van der Waals surface area contributed by atoms with E-state index < -0.39 is 0 Å². The van der Waals surface area contributed by atoms with E-state index in [1.165, 1.54) is 6.07 Å². The second-order valence-electron chi connectivity index (χ2n) is 4.15. The average molecular weight is 244 g/mol. The summed E-state index contributed by atoms with van der Waals surface area (Å²) < 4.78 is 13.4. The van der Waals surface area contributed by atoms with Crippen LogP contribution in [0.5, 0.6) is 0 Å². The first-order chi connectivity index (χ1) is 8.56. The Hall–Kier alpha value is -2.23. The number of hydrogen-bond donors (Lipinski definition) is 1. The number of anilines is 1. The van der Waals surface area contributed by atoms with Gasteiger partial charge in [0, 0.05) is 18.2 Å². The summed E-state index contributed by atoms with van der Waals surface area (Å²) in [6.07, 6.45) is 1.74. The largest absolute Gasteiger partial charge is 0.384 e. The quantitative estimate of drug-likeness (QED) is 0.844. The molecule has 0 aliphatic rings. The standard InChI is InChI=1S/C14H13FN2O/c1-9-2-3-11(8-12(9)15)13(18)6-10-4-5-17-14(16)7-10/h2-5,7-8H,6H2,1H3,(H2,16,17). The lowest BCUT2D eigenvalue weighted by molar-refractivity contribution is 0.0992. The maximum absolute atomic E-state index is 13.4. The number of carbonyl (C=O) groups is 1. The van der Waals surface area contributed by atoms with Gasteiger partial charge in [0.1, 0.15) is 11.6 Å². The number of aromatic nitrogens is 1. The van der Waals surface area contributed by atoms with Crippen LogP contribution < -0.4 is 5.73 Å². The Balaban J connectivity index is 2.19. The summed E-state index contributed by atoms with van der Waals surface area (Å²) in [7, 11) is 0. The van der Waals surface area contributed by atoms with Gasteiger partial charge in [-0.2, -0.15) is 0 Å². The molecule has 0 aliphatic heterocycles. The van der Waals surface area contributed by atoms with Crippen LogP contribution in [-0.2, 0) is 6.42 Å². The van der Waals surface area contributed by atoms with Crippen LogP contribution in [0.25, 0.3) is 0 Å². The van der Waals surface area contributed by atoms with E-state index in [0.717, 1.165) is 5.56 Å². The van der Waals surface area contributed by atoms with Crippen molar-refractivity contribution >= 4 is 11.6 Å². The van der Waals surface area contributed by atoms with E-state index in [0.29, 0.717) is 16.9 Å². The summed E-state index contributed by atoms with van der Waals surface area (Å²) in [5.74, 6) is -0.134. The zero-order valence-corrected chi connectivity index (χ0v) is 9.98. The van der Waals surface area contributed by atoms with Crippen LogP contribution in [-0.4, -0.2) is 10.8 Å². The Morgan fingerprint density at radius 2 is 2.11 bits per heavy atom. The number of nitrogen functional groups attached to an aromatic ring is 1. The molecule has 92 valence electrons. The van der Waals surface area contributed by atoms with E-state index in [4.69, 9.17) is 5.73 Å². The zero-order valence-electron chi connectivity index (χ0n) is 9.98.